The molecule has 120 valence electrons. The fourth-order valence-corrected chi connectivity index (χ4v) is 4.00. The molecule has 8 nitrogen and oxygen atoms in total. The highest BCUT2D eigenvalue weighted by molar-refractivity contribution is 7.89. The number of piperazine rings is 1. The molecule has 2 aliphatic rings. The highest BCUT2D eigenvalue weighted by atomic mass is 32.2. The first-order chi connectivity index (χ1) is 10.4. The largest absolute Gasteiger partial charge is 0.489 e. The van der Waals surface area contributed by atoms with E-state index in [2.05, 4.69) is 4.90 Å². The number of nitro groups is 1. The van der Waals surface area contributed by atoms with Crippen LogP contribution < -0.4 is 9.64 Å². The van der Waals surface area contributed by atoms with Crippen LogP contribution in [0.3, 0.4) is 0 Å². The van der Waals surface area contributed by atoms with E-state index in [9.17, 15) is 18.5 Å². The van der Waals surface area contributed by atoms with Gasteiger partial charge in [-0.15, -0.1) is 0 Å². The summed E-state index contributed by atoms with van der Waals surface area (Å²) >= 11 is 0. The molecule has 0 unspecified atom stereocenters. The van der Waals surface area contributed by atoms with Crippen LogP contribution in [0.5, 0.6) is 5.75 Å². The summed E-state index contributed by atoms with van der Waals surface area (Å²) in [5.74, 6) is 0.570. The first-order valence-electron chi connectivity index (χ1n) is 7.08. The van der Waals surface area contributed by atoms with Gasteiger partial charge in [0.2, 0.25) is 10.0 Å². The van der Waals surface area contributed by atoms with E-state index in [1.54, 1.807) is 13.0 Å². The maximum Gasteiger partial charge on any atom is 0.273 e. The van der Waals surface area contributed by atoms with Gasteiger partial charge in [0.25, 0.3) is 5.69 Å². The predicted octanol–water partition coefficient (Wildman–Crippen LogP) is 0.827. The average Bonchev–Trinajstić information content (AvgIpc) is 2.53. The molecule has 2 aliphatic heterocycles. The molecular formula is C13H17N3O5S. The van der Waals surface area contributed by atoms with E-state index in [1.165, 1.54) is 16.4 Å². The van der Waals surface area contributed by atoms with Crippen LogP contribution in [-0.4, -0.2) is 55.7 Å². The van der Waals surface area contributed by atoms with Gasteiger partial charge in [0.15, 0.2) is 0 Å². The van der Waals surface area contributed by atoms with Crippen LogP contribution in [0, 0.1) is 10.1 Å². The minimum atomic E-state index is -3.21. The van der Waals surface area contributed by atoms with Crippen molar-refractivity contribution in [1.82, 2.24) is 4.31 Å². The first kappa shape index (κ1) is 15.0. The molecule has 0 radical (unpaired) electrons. The summed E-state index contributed by atoms with van der Waals surface area (Å²) in [5, 5.41) is 10.8. The molecule has 1 fully saturated rings. The quantitative estimate of drug-likeness (QED) is 0.603. The van der Waals surface area contributed by atoms with Gasteiger partial charge in [-0.1, -0.05) is 0 Å². The van der Waals surface area contributed by atoms with Crippen LogP contribution >= 0.6 is 0 Å². The Kier molecular flexibility index (Phi) is 3.69. The minimum Gasteiger partial charge on any atom is -0.489 e. The van der Waals surface area contributed by atoms with E-state index in [-0.39, 0.29) is 17.5 Å². The van der Waals surface area contributed by atoms with Crippen molar-refractivity contribution < 1.29 is 18.1 Å². The fraction of sp³-hybridized carbons (Fsp3) is 0.538. The number of sulfonamides is 1. The molecule has 0 N–H and O–H groups in total. The molecule has 22 heavy (non-hydrogen) atoms. The third-order valence-electron chi connectivity index (χ3n) is 4.10. The van der Waals surface area contributed by atoms with Crippen LogP contribution in [0.15, 0.2) is 18.2 Å². The number of hydrogen-bond acceptors (Lipinski definition) is 6. The lowest BCUT2D eigenvalue weighted by Crippen LogP contribution is -2.58. The number of hydrogen-bond donors (Lipinski definition) is 0. The van der Waals surface area contributed by atoms with E-state index in [4.69, 9.17) is 4.74 Å². The number of benzene rings is 1. The molecule has 0 amide bonds. The van der Waals surface area contributed by atoms with E-state index in [1.807, 2.05) is 0 Å². The molecule has 2 heterocycles. The molecule has 0 spiro atoms. The number of ether oxygens (including phenoxy) is 1. The van der Waals surface area contributed by atoms with E-state index in [0.29, 0.717) is 32.0 Å². The van der Waals surface area contributed by atoms with E-state index >= 15 is 0 Å². The highest BCUT2D eigenvalue weighted by Crippen LogP contribution is 2.37. The number of non-ortho nitro benzene ring substituents is 1. The van der Waals surface area contributed by atoms with Crippen LogP contribution in [0.25, 0.3) is 0 Å². The third kappa shape index (κ3) is 2.50. The lowest BCUT2D eigenvalue weighted by Gasteiger charge is -2.44. The Morgan fingerprint density at radius 1 is 1.41 bits per heavy atom. The summed E-state index contributed by atoms with van der Waals surface area (Å²) in [6.45, 7) is 3.31. The molecule has 0 aromatic heterocycles. The van der Waals surface area contributed by atoms with Gasteiger partial charge in [0.1, 0.15) is 12.4 Å². The molecule has 1 aromatic rings. The van der Waals surface area contributed by atoms with Crippen molar-refractivity contribution >= 4 is 21.4 Å². The fourth-order valence-electron chi connectivity index (χ4n) is 2.88. The lowest BCUT2D eigenvalue weighted by molar-refractivity contribution is -0.384. The molecule has 0 aliphatic carbocycles. The van der Waals surface area contributed by atoms with Crippen LogP contribution in [-0.2, 0) is 10.0 Å². The summed E-state index contributed by atoms with van der Waals surface area (Å²) in [4.78, 5) is 12.4. The van der Waals surface area contributed by atoms with Crippen LogP contribution in [0.1, 0.15) is 6.92 Å². The van der Waals surface area contributed by atoms with Gasteiger partial charge >= 0.3 is 0 Å². The monoisotopic (exact) mass is 327 g/mol. The number of fused-ring (bicyclic) bond motifs is 3. The maximum atomic E-state index is 12.0. The van der Waals surface area contributed by atoms with Gasteiger partial charge in [-0.05, 0) is 13.0 Å². The first-order valence-corrected chi connectivity index (χ1v) is 8.69. The SMILES string of the molecule is CCS(=O)(=O)N1CCN2c3ccc([N+](=O)[O-])cc3OC[C@H]2C1. The van der Waals surface area contributed by atoms with Gasteiger partial charge in [0, 0.05) is 25.7 Å². The van der Waals surface area contributed by atoms with Crippen molar-refractivity contribution in [3.05, 3.63) is 28.3 Å². The van der Waals surface area contributed by atoms with Gasteiger partial charge in [-0.3, -0.25) is 10.1 Å². The lowest BCUT2D eigenvalue weighted by atomic mass is 10.1. The normalized spacial score (nSPS) is 21.7. The van der Waals surface area contributed by atoms with Gasteiger partial charge in [-0.25, -0.2) is 8.42 Å². The minimum absolute atomic E-state index is 0.00982. The standard InChI is InChI=1S/C13H17N3O5S/c1-2-22(19,20)14-5-6-15-11(8-14)9-21-13-7-10(16(17)18)3-4-12(13)15/h3-4,7,11H,2,5-6,8-9H2,1H3/t11-/m1/s1. The van der Waals surface area contributed by atoms with Crippen molar-refractivity contribution in [2.75, 3.05) is 36.9 Å². The average molecular weight is 327 g/mol. The molecule has 9 heteroatoms. The zero-order valence-electron chi connectivity index (χ0n) is 12.1. The van der Waals surface area contributed by atoms with Crippen molar-refractivity contribution in [2.24, 2.45) is 0 Å². The second-order valence-corrected chi connectivity index (χ2v) is 7.58. The van der Waals surface area contributed by atoms with Gasteiger partial charge in [0.05, 0.1) is 28.5 Å². The Bertz CT molecular complexity index is 706. The van der Waals surface area contributed by atoms with Crippen molar-refractivity contribution in [3.8, 4) is 5.75 Å². The zero-order valence-corrected chi connectivity index (χ0v) is 13.0. The summed E-state index contributed by atoms with van der Waals surface area (Å²) in [6, 6.07) is 4.47. The number of rotatable bonds is 3. The Balaban J connectivity index is 1.85. The second-order valence-electron chi connectivity index (χ2n) is 5.33. The van der Waals surface area contributed by atoms with Crippen molar-refractivity contribution in [3.63, 3.8) is 0 Å². The summed E-state index contributed by atoms with van der Waals surface area (Å²) < 4.78 is 31.1. The second kappa shape index (κ2) is 5.40. The number of nitrogens with zero attached hydrogens (tertiary/aromatic N) is 3. The number of nitro benzene ring substituents is 1. The highest BCUT2D eigenvalue weighted by Gasteiger charge is 2.36. The summed E-state index contributed by atoms with van der Waals surface area (Å²) in [6.07, 6.45) is 0. The summed E-state index contributed by atoms with van der Waals surface area (Å²) in [7, 11) is -3.21. The Morgan fingerprint density at radius 3 is 2.86 bits per heavy atom. The molecule has 1 atom stereocenters. The van der Waals surface area contributed by atoms with Crippen LogP contribution in [0.4, 0.5) is 11.4 Å². The van der Waals surface area contributed by atoms with Crippen LogP contribution in [0.2, 0.25) is 0 Å². The molecule has 3 rings (SSSR count). The topological polar surface area (TPSA) is 93.0 Å². The van der Waals surface area contributed by atoms with Gasteiger partial charge < -0.3 is 9.64 Å². The third-order valence-corrected chi connectivity index (χ3v) is 5.95. The predicted molar refractivity (Wildman–Crippen MR) is 80.8 cm³/mol. The Morgan fingerprint density at radius 2 is 2.18 bits per heavy atom. The number of anilines is 1. The maximum absolute atomic E-state index is 12.0. The smallest absolute Gasteiger partial charge is 0.273 e. The molecule has 1 aromatic carbocycles. The Labute approximate surface area is 128 Å². The van der Waals surface area contributed by atoms with Gasteiger partial charge in [-0.2, -0.15) is 4.31 Å². The van der Waals surface area contributed by atoms with Crippen molar-refractivity contribution in [1.29, 1.82) is 0 Å². The van der Waals surface area contributed by atoms with Crippen molar-refractivity contribution in [2.45, 2.75) is 13.0 Å². The molecular weight excluding hydrogens is 310 g/mol. The zero-order chi connectivity index (χ0) is 15.9. The molecule has 0 saturated carbocycles. The summed E-state index contributed by atoms with van der Waals surface area (Å²) in [5.41, 5.74) is 0.778. The van der Waals surface area contributed by atoms with E-state index in [0.717, 1.165) is 5.69 Å². The van der Waals surface area contributed by atoms with E-state index < -0.39 is 14.9 Å². The molecule has 1 saturated heterocycles. The molecule has 0 bridgehead atoms. The Hall–Kier alpha value is -1.87.